The summed E-state index contributed by atoms with van der Waals surface area (Å²) >= 11 is 0. The van der Waals surface area contributed by atoms with Crippen LogP contribution in [0.15, 0.2) is 11.6 Å². The van der Waals surface area contributed by atoms with E-state index >= 15 is 0 Å². The molecule has 3 saturated carbocycles. The lowest BCUT2D eigenvalue weighted by molar-refractivity contribution is -0.160. The number of carbonyl (C=O) groups excluding carboxylic acids is 2. The molecule has 1 N–H and O–H groups in total. The maximum atomic E-state index is 11.6. The van der Waals surface area contributed by atoms with Crippen molar-refractivity contribution in [2.75, 3.05) is 0 Å². The van der Waals surface area contributed by atoms with Crippen LogP contribution in [0.1, 0.15) is 113 Å². The molecule has 5 heteroatoms. The van der Waals surface area contributed by atoms with Crippen LogP contribution in [0, 0.1) is 40.4 Å². The van der Waals surface area contributed by atoms with Crippen LogP contribution >= 0.6 is 0 Å². The highest BCUT2D eigenvalue weighted by Gasteiger charge is 2.59. The van der Waals surface area contributed by atoms with Crippen LogP contribution in [-0.4, -0.2) is 34.9 Å². The molecule has 0 saturated heterocycles. The van der Waals surface area contributed by atoms with Gasteiger partial charge in [0.05, 0.1) is 5.60 Å². The van der Waals surface area contributed by atoms with Gasteiger partial charge in [0, 0.05) is 20.3 Å². The van der Waals surface area contributed by atoms with Crippen molar-refractivity contribution in [1.82, 2.24) is 0 Å². The number of hydrogen-bond donors (Lipinski definition) is 1. The predicted octanol–water partition coefficient (Wildman–Crippen LogP) is 6.62. The Morgan fingerprint density at radius 2 is 1.78 bits per heavy atom. The minimum atomic E-state index is -1.03. The molecular formula is C31H50O5. The summed E-state index contributed by atoms with van der Waals surface area (Å²) < 4.78 is 11.1. The zero-order chi connectivity index (χ0) is 26.5. The van der Waals surface area contributed by atoms with E-state index in [1.54, 1.807) is 19.4 Å². The van der Waals surface area contributed by atoms with E-state index in [9.17, 15) is 14.7 Å². The van der Waals surface area contributed by atoms with Gasteiger partial charge in [-0.15, -0.1) is 0 Å². The van der Waals surface area contributed by atoms with Gasteiger partial charge in [0.15, 0.2) is 0 Å². The Morgan fingerprint density at radius 3 is 2.42 bits per heavy atom. The van der Waals surface area contributed by atoms with Crippen molar-refractivity contribution in [1.29, 1.82) is 0 Å². The Kier molecular flexibility index (Phi) is 7.74. The summed E-state index contributed by atoms with van der Waals surface area (Å²) in [5.41, 5.74) is 1.15. The van der Waals surface area contributed by atoms with E-state index in [2.05, 4.69) is 26.8 Å². The summed E-state index contributed by atoms with van der Waals surface area (Å²) in [5, 5.41) is 10.5. The molecule has 36 heavy (non-hydrogen) atoms. The fourth-order valence-corrected chi connectivity index (χ4v) is 9.31. The van der Waals surface area contributed by atoms with Gasteiger partial charge in [-0.1, -0.05) is 32.4 Å². The van der Waals surface area contributed by atoms with Crippen LogP contribution in [-0.2, 0) is 19.1 Å². The molecule has 4 rings (SSSR count). The number of fused-ring (bicyclic) bond motifs is 5. The second-order valence-corrected chi connectivity index (χ2v) is 13.8. The lowest BCUT2D eigenvalue weighted by atomic mass is 9.47. The van der Waals surface area contributed by atoms with Gasteiger partial charge in [0.25, 0.3) is 0 Å². The summed E-state index contributed by atoms with van der Waals surface area (Å²) in [4.78, 5) is 23.1. The molecule has 2 unspecified atom stereocenters. The summed E-state index contributed by atoms with van der Waals surface area (Å²) in [5.74, 6) is 3.02. The molecule has 5 nitrogen and oxygen atoms in total. The molecule has 0 amide bonds. The van der Waals surface area contributed by atoms with Crippen molar-refractivity contribution in [3.8, 4) is 0 Å². The highest BCUT2D eigenvalue weighted by Crippen LogP contribution is 2.67. The van der Waals surface area contributed by atoms with E-state index in [1.807, 2.05) is 0 Å². The predicted molar refractivity (Wildman–Crippen MR) is 141 cm³/mol. The highest BCUT2D eigenvalue weighted by molar-refractivity contribution is 5.66. The van der Waals surface area contributed by atoms with Crippen molar-refractivity contribution in [2.24, 2.45) is 40.4 Å². The Labute approximate surface area is 218 Å². The zero-order valence-corrected chi connectivity index (χ0v) is 23.8. The quantitative estimate of drug-likeness (QED) is 0.313. The Morgan fingerprint density at radius 1 is 1.06 bits per heavy atom. The van der Waals surface area contributed by atoms with Gasteiger partial charge in [-0.2, -0.15) is 0 Å². The van der Waals surface area contributed by atoms with Gasteiger partial charge < -0.3 is 14.6 Å². The van der Waals surface area contributed by atoms with Crippen LogP contribution in [0.4, 0.5) is 0 Å². The number of allylic oxidation sites excluding steroid dienone is 1. The number of ether oxygens (including phenoxy) is 2. The lowest BCUT2D eigenvalue weighted by Gasteiger charge is -2.58. The molecule has 0 bridgehead atoms. The molecule has 0 radical (unpaired) electrons. The molecule has 0 spiro atoms. The van der Waals surface area contributed by atoms with Crippen molar-refractivity contribution >= 4 is 11.9 Å². The van der Waals surface area contributed by atoms with E-state index in [1.165, 1.54) is 46.0 Å². The molecule has 0 aromatic rings. The molecule has 0 aromatic carbocycles. The number of hydrogen-bond acceptors (Lipinski definition) is 5. The molecule has 9 atom stereocenters. The van der Waals surface area contributed by atoms with Crippen LogP contribution in [0.3, 0.4) is 0 Å². The van der Waals surface area contributed by atoms with E-state index in [4.69, 9.17) is 9.47 Å². The van der Waals surface area contributed by atoms with Gasteiger partial charge in [-0.05, 0) is 112 Å². The third kappa shape index (κ3) is 5.15. The summed E-state index contributed by atoms with van der Waals surface area (Å²) in [7, 11) is 0. The summed E-state index contributed by atoms with van der Waals surface area (Å²) in [6, 6.07) is 0. The van der Waals surface area contributed by atoms with E-state index < -0.39 is 11.7 Å². The first-order chi connectivity index (χ1) is 16.8. The number of aliphatic hydroxyl groups is 1. The largest absolute Gasteiger partial charge is 0.462 e. The van der Waals surface area contributed by atoms with Gasteiger partial charge in [-0.3, -0.25) is 9.59 Å². The number of rotatable bonds is 7. The van der Waals surface area contributed by atoms with E-state index in [0.29, 0.717) is 23.7 Å². The SMILES string of the molecule is CC(=O)OC1CC[C@@]2(C)C(=CC[C@H]3[C@@H]4CC[C@H]([C@H](C)CCC(OC(C)=O)C(C)(C)O)[C@@]4(C)CC[C@@H]32)C1. The standard InChI is InChI=1S/C31H50O5/c1-19(8-13-28(29(4,5)34)36-21(3)33)25-11-12-26-24-10-9-22-18-23(35-20(2)32)14-16-30(22,6)27(24)15-17-31(25,26)7/h9,19,23-28,34H,8,10-18H2,1-7H3/t19-,23?,24+,25-,26+,27+,28?,30+,31-/m1/s1. The molecular weight excluding hydrogens is 452 g/mol. The smallest absolute Gasteiger partial charge is 0.303 e. The zero-order valence-electron chi connectivity index (χ0n) is 23.8. The molecule has 0 heterocycles. The molecule has 3 fully saturated rings. The maximum absolute atomic E-state index is 11.6. The van der Waals surface area contributed by atoms with E-state index in [0.717, 1.165) is 43.4 Å². The van der Waals surface area contributed by atoms with Gasteiger partial charge in [-0.25, -0.2) is 0 Å². The molecule has 4 aliphatic rings. The molecule has 0 aromatic heterocycles. The monoisotopic (exact) mass is 502 g/mol. The summed E-state index contributed by atoms with van der Waals surface area (Å²) in [6.45, 7) is 13.9. The third-order valence-electron chi connectivity index (χ3n) is 11.1. The highest BCUT2D eigenvalue weighted by atomic mass is 16.6. The first-order valence-corrected chi connectivity index (χ1v) is 14.5. The second-order valence-electron chi connectivity index (χ2n) is 13.8. The first-order valence-electron chi connectivity index (χ1n) is 14.5. The molecule has 204 valence electrons. The Bertz CT molecular complexity index is 871. The third-order valence-corrected chi connectivity index (χ3v) is 11.1. The van der Waals surface area contributed by atoms with Crippen molar-refractivity contribution < 1.29 is 24.2 Å². The minimum absolute atomic E-state index is 0.0589. The van der Waals surface area contributed by atoms with Crippen molar-refractivity contribution in [3.63, 3.8) is 0 Å². The maximum Gasteiger partial charge on any atom is 0.303 e. The van der Waals surface area contributed by atoms with Crippen LogP contribution in [0.2, 0.25) is 0 Å². The molecule has 0 aliphatic heterocycles. The van der Waals surface area contributed by atoms with Crippen molar-refractivity contribution in [3.05, 3.63) is 11.6 Å². The van der Waals surface area contributed by atoms with Crippen LogP contribution in [0.5, 0.6) is 0 Å². The van der Waals surface area contributed by atoms with Crippen LogP contribution < -0.4 is 0 Å². The van der Waals surface area contributed by atoms with E-state index in [-0.39, 0.29) is 23.5 Å². The molecule has 4 aliphatic carbocycles. The number of carbonyl (C=O) groups is 2. The fraction of sp³-hybridized carbons (Fsp3) is 0.871. The van der Waals surface area contributed by atoms with Gasteiger partial charge in [0.1, 0.15) is 12.2 Å². The normalized spacial score (nSPS) is 39.7. The van der Waals surface area contributed by atoms with Gasteiger partial charge >= 0.3 is 11.9 Å². The average Bonchev–Trinajstić information content (AvgIpc) is 3.12. The van der Waals surface area contributed by atoms with Crippen LogP contribution in [0.25, 0.3) is 0 Å². The summed E-state index contributed by atoms with van der Waals surface area (Å²) in [6.07, 6.45) is 13.2. The Balaban J connectivity index is 1.45. The Hall–Kier alpha value is -1.36. The first kappa shape index (κ1) is 27.7. The second kappa shape index (κ2) is 10.1. The minimum Gasteiger partial charge on any atom is -0.462 e. The number of esters is 2. The fourth-order valence-electron chi connectivity index (χ4n) is 9.31. The topological polar surface area (TPSA) is 72.8 Å². The van der Waals surface area contributed by atoms with Crippen molar-refractivity contribution in [2.45, 2.75) is 130 Å². The van der Waals surface area contributed by atoms with Gasteiger partial charge in [0.2, 0.25) is 0 Å². The lowest BCUT2D eigenvalue weighted by Crippen LogP contribution is -2.51. The average molecular weight is 503 g/mol.